The highest BCUT2D eigenvalue weighted by atomic mass is 79.9. The van der Waals surface area contributed by atoms with Crippen molar-refractivity contribution in [1.29, 1.82) is 0 Å². The third-order valence-corrected chi connectivity index (χ3v) is 2.52. The second kappa shape index (κ2) is 4.01. The van der Waals surface area contributed by atoms with E-state index in [1.165, 1.54) is 18.2 Å². The Morgan fingerprint density at radius 1 is 1.50 bits per heavy atom. The van der Waals surface area contributed by atoms with E-state index < -0.39 is 11.8 Å². The van der Waals surface area contributed by atoms with Crippen LogP contribution in [0.1, 0.15) is 10.5 Å². The van der Waals surface area contributed by atoms with Crippen LogP contribution in [0.4, 0.5) is 4.39 Å². The molecule has 0 atom stereocenters. The molecule has 16 heavy (non-hydrogen) atoms. The molecule has 7 heteroatoms. The normalized spacial score (nSPS) is 10.4. The van der Waals surface area contributed by atoms with Gasteiger partial charge in [-0.1, -0.05) is 5.21 Å². The van der Waals surface area contributed by atoms with E-state index in [1.54, 1.807) is 0 Å². The van der Waals surface area contributed by atoms with Gasteiger partial charge in [-0.25, -0.2) is 13.9 Å². The van der Waals surface area contributed by atoms with E-state index in [4.69, 9.17) is 5.11 Å². The van der Waals surface area contributed by atoms with Crippen molar-refractivity contribution in [3.05, 3.63) is 40.4 Å². The fourth-order valence-corrected chi connectivity index (χ4v) is 1.56. The van der Waals surface area contributed by atoms with Crippen LogP contribution in [0.3, 0.4) is 0 Å². The Hall–Kier alpha value is -1.76. The summed E-state index contributed by atoms with van der Waals surface area (Å²) in [5.41, 5.74) is 0.335. The first-order valence-corrected chi connectivity index (χ1v) is 4.98. The smallest absolute Gasteiger partial charge is 0.356 e. The van der Waals surface area contributed by atoms with Crippen LogP contribution in [0.15, 0.2) is 28.9 Å². The Balaban J connectivity index is 2.54. The number of hydrogen-bond donors (Lipinski definition) is 1. The van der Waals surface area contributed by atoms with Gasteiger partial charge in [-0.2, -0.15) is 0 Å². The number of nitrogens with zero attached hydrogens (tertiary/aromatic N) is 3. The van der Waals surface area contributed by atoms with Crippen LogP contribution in [-0.2, 0) is 0 Å². The number of carbonyl (C=O) groups is 1. The molecule has 0 aliphatic heterocycles. The van der Waals surface area contributed by atoms with Crippen LogP contribution < -0.4 is 0 Å². The summed E-state index contributed by atoms with van der Waals surface area (Å²) in [6.07, 6.45) is 1.12. The molecule has 2 aromatic rings. The summed E-state index contributed by atoms with van der Waals surface area (Å²) >= 11 is 3.01. The lowest BCUT2D eigenvalue weighted by molar-refractivity contribution is 0.0687. The third kappa shape index (κ3) is 1.81. The number of aromatic carboxylic acids is 1. The molecule has 0 saturated heterocycles. The lowest BCUT2D eigenvalue weighted by Crippen LogP contribution is -2.08. The zero-order chi connectivity index (χ0) is 11.7. The Kier molecular flexibility index (Phi) is 2.69. The molecule has 0 fully saturated rings. The van der Waals surface area contributed by atoms with Crippen molar-refractivity contribution in [3.63, 3.8) is 0 Å². The lowest BCUT2D eigenvalue weighted by atomic mass is 10.3. The Morgan fingerprint density at radius 3 is 2.88 bits per heavy atom. The molecule has 2 rings (SSSR count). The van der Waals surface area contributed by atoms with Gasteiger partial charge in [-0.05, 0) is 34.1 Å². The van der Waals surface area contributed by atoms with Crippen molar-refractivity contribution >= 4 is 21.9 Å². The first kappa shape index (κ1) is 10.7. The summed E-state index contributed by atoms with van der Waals surface area (Å²) < 4.78 is 14.3. The van der Waals surface area contributed by atoms with E-state index in [0.717, 1.165) is 10.9 Å². The summed E-state index contributed by atoms with van der Waals surface area (Å²) in [6, 6.07) is 4.06. The van der Waals surface area contributed by atoms with E-state index in [0.29, 0.717) is 5.69 Å². The third-order valence-electron chi connectivity index (χ3n) is 1.92. The Morgan fingerprint density at radius 2 is 2.25 bits per heavy atom. The van der Waals surface area contributed by atoms with Gasteiger partial charge in [-0.15, -0.1) is 5.10 Å². The van der Waals surface area contributed by atoms with Crippen LogP contribution in [0.5, 0.6) is 0 Å². The molecule has 0 unspecified atom stereocenters. The predicted octanol–water partition coefficient (Wildman–Crippen LogP) is 1.87. The fourth-order valence-electron chi connectivity index (χ4n) is 1.19. The van der Waals surface area contributed by atoms with E-state index in [9.17, 15) is 9.18 Å². The van der Waals surface area contributed by atoms with Gasteiger partial charge in [0.1, 0.15) is 5.82 Å². The number of aromatic nitrogens is 3. The van der Waals surface area contributed by atoms with Gasteiger partial charge in [0, 0.05) is 0 Å². The molecule has 1 aromatic carbocycles. The molecule has 1 heterocycles. The molecule has 5 nitrogen and oxygen atoms in total. The van der Waals surface area contributed by atoms with E-state index in [-0.39, 0.29) is 10.2 Å². The van der Waals surface area contributed by atoms with Gasteiger partial charge in [0.15, 0.2) is 5.69 Å². The topological polar surface area (TPSA) is 68.0 Å². The van der Waals surface area contributed by atoms with Crippen molar-refractivity contribution in [1.82, 2.24) is 15.0 Å². The van der Waals surface area contributed by atoms with Crippen molar-refractivity contribution < 1.29 is 14.3 Å². The molecule has 0 aliphatic rings. The van der Waals surface area contributed by atoms with Crippen LogP contribution in [0, 0.1) is 5.82 Å². The van der Waals surface area contributed by atoms with Crippen molar-refractivity contribution in [2.24, 2.45) is 0 Å². The maximum Gasteiger partial charge on any atom is 0.356 e. The minimum atomic E-state index is -1.15. The molecule has 0 aliphatic carbocycles. The monoisotopic (exact) mass is 285 g/mol. The van der Waals surface area contributed by atoms with Crippen molar-refractivity contribution in [2.75, 3.05) is 0 Å². The van der Waals surface area contributed by atoms with Gasteiger partial charge < -0.3 is 5.11 Å². The highest BCUT2D eigenvalue weighted by molar-refractivity contribution is 9.10. The standard InChI is InChI=1S/C9H5BrFN3O2/c10-6-3-5(1-2-7(6)11)14-8(9(15)16)4-12-13-14/h1-4H,(H,15,16). The molecule has 0 radical (unpaired) electrons. The van der Waals surface area contributed by atoms with Crippen LogP contribution in [-0.4, -0.2) is 26.1 Å². The zero-order valence-electron chi connectivity index (χ0n) is 7.76. The molecule has 0 amide bonds. The summed E-state index contributed by atoms with van der Waals surface area (Å²) in [6.45, 7) is 0. The number of hydrogen-bond acceptors (Lipinski definition) is 3. The SMILES string of the molecule is O=C(O)c1cnnn1-c1ccc(F)c(Br)c1. The lowest BCUT2D eigenvalue weighted by Gasteiger charge is -2.03. The molecule has 82 valence electrons. The maximum atomic E-state index is 13.0. The van der Waals surface area contributed by atoms with E-state index >= 15 is 0 Å². The molecule has 1 N–H and O–H groups in total. The first-order valence-electron chi connectivity index (χ1n) is 4.19. The summed E-state index contributed by atoms with van der Waals surface area (Å²) in [4.78, 5) is 10.8. The quantitative estimate of drug-likeness (QED) is 0.915. The summed E-state index contributed by atoms with van der Waals surface area (Å²) in [5.74, 6) is -1.58. The number of carboxylic acid groups (broad SMARTS) is 1. The van der Waals surface area contributed by atoms with Gasteiger partial charge in [0.2, 0.25) is 0 Å². The number of rotatable bonds is 2. The number of carboxylic acids is 1. The van der Waals surface area contributed by atoms with Crippen molar-refractivity contribution in [3.8, 4) is 5.69 Å². The second-order valence-electron chi connectivity index (χ2n) is 2.93. The van der Waals surface area contributed by atoms with Crippen LogP contribution >= 0.6 is 15.9 Å². The molecule has 0 saturated carbocycles. The molecular formula is C9H5BrFN3O2. The molecule has 1 aromatic heterocycles. The zero-order valence-corrected chi connectivity index (χ0v) is 9.35. The minimum Gasteiger partial charge on any atom is -0.476 e. The minimum absolute atomic E-state index is 0.0847. The molecule has 0 bridgehead atoms. The van der Waals surface area contributed by atoms with Gasteiger partial charge in [-0.3, -0.25) is 0 Å². The highest BCUT2D eigenvalue weighted by Crippen LogP contribution is 2.19. The number of benzene rings is 1. The van der Waals surface area contributed by atoms with Crippen LogP contribution in [0.25, 0.3) is 5.69 Å². The van der Waals surface area contributed by atoms with Crippen molar-refractivity contribution in [2.45, 2.75) is 0 Å². The second-order valence-corrected chi connectivity index (χ2v) is 3.79. The van der Waals surface area contributed by atoms with Gasteiger partial charge >= 0.3 is 5.97 Å². The Labute approximate surface area is 97.6 Å². The van der Waals surface area contributed by atoms with E-state index in [1.807, 2.05) is 0 Å². The first-order chi connectivity index (χ1) is 7.59. The summed E-state index contributed by atoms with van der Waals surface area (Å²) in [7, 11) is 0. The maximum absolute atomic E-state index is 13.0. The molecular weight excluding hydrogens is 281 g/mol. The van der Waals surface area contributed by atoms with Crippen LogP contribution in [0.2, 0.25) is 0 Å². The highest BCUT2D eigenvalue weighted by Gasteiger charge is 2.13. The summed E-state index contributed by atoms with van der Waals surface area (Å²) in [5, 5.41) is 16.0. The Bertz CT molecular complexity index is 555. The molecule has 0 spiro atoms. The average molecular weight is 286 g/mol. The van der Waals surface area contributed by atoms with Gasteiger partial charge in [0.25, 0.3) is 0 Å². The number of halogens is 2. The largest absolute Gasteiger partial charge is 0.476 e. The fraction of sp³-hybridized carbons (Fsp3) is 0. The average Bonchev–Trinajstić information content (AvgIpc) is 2.71. The predicted molar refractivity (Wildman–Crippen MR) is 56.0 cm³/mol. The van der Waals surface area contributed by atoms with E-state index in [2.05, 4.69) is 26.2 Å². The van der Waals surface area contributed by atoms with Gasteiger partial charge in [0.05, 0.1) is 16.4 Å².